The highest BCUT2D eigenvalue weighted by Crippen LogP contribution is 2.57. The van der Waals surface area contributed by atoms with Crippen LogP contribution in [-0.4, -0.2) is 0 Å². The number of hydrogen-bond acceptors (Lipinski definition) is 5. The first-order chi connectivity index (χ1) is 23.1. The third-order valence-corrected chi connectivity index (χ3v) is 7.41. The highest BCUT2D eigenvalue weighted by molar-refractivity contribution is 6.30. The highest BCUT2D eigenvalue weighted by atomic mass is 19.1. The van der Waals surface area contributed by atoms with Gasteiger partial charge in [-0.15, -0.1) is 0 Å². The fourth-order valence-corrected chi connectivity index (χ4v) is 5.68. The molecule has 3 aromatic rings. The van der Waals surface area contributed by atoms with E-state index in [-0.39, 0.29) is 11.1 Å². The molecule has 5 rings (SSSR count). The number of nitrogens with zero attached hydrogens (tertiary/aromatic N) is 9. The molecule has 9 nitrogen and oxygen atoms in total. The van der Waals surface area contributed by atoms with Crippen molar-refractivity contribution in [1.82, 2.24) is 0 Å². The summed E-state index contributed by atoms with van der Waals surface area (Å²) in [5, 5.41) is 49.9. The van der Waals surface area contributed by atoms with Crippen molar-refractivity contribution in [2.24, 2.45) is 0 Å². The minimum atomic E-state index is -1.36. The second-order valence-electron chi connectivity index (χ2n) is 9.62. The van der Waals surface area contributed by atoms with Crippen molar-refractivity contribution in [3.8, 4) is 30.3 Å². The van der Waals surface area contributed by atoms with E-state index >= 15 is 17.6 Å². The van der Waals surface area contributed by atoms with E-state index < -0.39 is 107 Å². The Hall–Kier alpha value is -8.25. The van der Waals surface area contributed by atoms with Crippen LogP contribution in [0.25, 0.3) is 52.9 Å². The fourth-order valence-electron chi connectivity index (χ4n) is 5.68. The quantitative estimate of drug-likeness (QED) is 0.161. The van der Waals surface area contributed by atoms with Crippen molar-refractivity contribution in [1.29, 1.82) is 26.3 Å². The van der Waals surface area contributed by atoms with Gasteiger partial charge in [-0.1, -0.05) is 6.07 Å². The Bertz CT molecular complexity index is 2570. The third kappa shape index (κ3) is 4.23. The van der Waals surface area contributed by atoms with Crippen molar-refractivity contribution >= 4 is 39.2 Å². The molecule has 0 heterocycles. The fraction of sp³-hybridized carbons (Fsp3) is 0. The van der Waals surface area contributed by atoms with Gasteiger partial charge in [-0.05, 0) is 52.1 Å². The predicted molar refractivity (Wildman–Crippen MR) is 159 cm³/mol. The highest BCUT2D eigenvalue weighted by Gasteiger charge is 2.42. The number of allylic oxidation sites excluding steroid dienone is 7. The lowest BCUT2D eigenvalue weighted by Gasteiger charge is -2.15. The molecule has 0 amide bonds. The summed E-state index contributed by atoms with van der Waals surface area (Å²) in [6.07, 6.45) is 0. The molecule has 0 spiro atoms. The van der Waals surface area contributed by atoms with E-state index in [1.54, 1.807) is 30.3 Å². The van der Waals surface area contributed by atoms with Crippen LogP contribution in [-0.2, 0) is 0 Å². The summed E-state index contributed by atoms with van der Waals surface area (Å²) >= 11 is 0. The van der Waals surface area contributed by atoms with Gasteiger partial charge in [-0.2, -0.15) is 15.8 Å². The molecule has 0 N–H and O–H groups in total. The van der Waals surface area contributed by atoms with Crippen LogP contribution in [0.2, 0.25) is 0 Å². The zero-order valence-electron chi connectivity index (χ0n) is 23.4. The van der Waals surface area contributed by atoms with Gasteiger partial charge < -0.3 is 0 Å². The van der Waals surface area contributed by atoms with Crippen LogP contribution >= 0.6 is 0 Å². The van der Waals surface area contributed by atoms with E-state index in [1.165, 1.54) is 0 Å². The van der Waals surface area contributed by atoms with Crippen molar-refractivity contribution in [2.75, 3.05) is 0 Å². The number of fused-ring (bicyclic) bond motifs is 2. The first kappa shape index (κ1) is 31.2. The zero-order chi connectivity index (χ0) is 35.0. The first-order valence-corrected chi connectivity index (χ1v) is 12.8. The molecular formula is C35H5F4N9. The second-order valence-corrected chi connectivity index (χ2v) is 9.62. The van der Waals surface area contributed by atoms with Gasteiger partial charge in [0.2, 0.25) is 5.70 Å². The molecule has 0 atom stereocenters. The molecule has 0 fully saturated rings. The minimum Gasteiger partial charge on any atom is -0.238 e. The molecule has 0 aliphatic heterocycles. The van der Waals surface area contributed by atoms with E-state index in [4.69, 9.17) is 26.3 Å². The number of rotatable bonds is 2. The van der Waals surface area contributed by atoms with Gasteiger partial charge in [0.15, 0.2) is 5.69 Å². The summed E-state index contributed by atoms with van der Waals surface area (Å²) in [5.74, 6) is -5.40. The lowest BCUT2D eigenvalue weighted by molar-refractivity contribution is 0.577. The topological polar surface area (TPSA) is 136 Å². The Kier molecular flexibility index (Phi) is 7.59. The van der Waals surface area contributed by atoms with Gasteiger partial charge in [0.05, 0.1) is 66.8 Å². The van der Waals surface area contributed by atoms with E-state index in [2.05, 4.69) is 19.4 Å². The Morgan fingerprint density at radius 1 is 0.562 bits per heavy atom. The summed E-state index contributed by atoms with van der Waals surface area (Å²) < 4.78 is 62.0. The summed E-state index contributed by atoms with van der Waals surface area (Å²) in [5.41, 5.74) is -9.88. The molecule has 2 aliphatic carbocycles. The van der Waals surface area contributed by atoms with E-state index in [1.807, 2.05) is 0 Å². The van der Waals surface area contributed by atoms with Crippen molar-refractivity contribution in [3.05, 3.63) is 155 Å². The molecular weight excluding hydrogens is 622 g/mol. The van der Waals surface area contributed by atoms with Gasteiger partial charge in [0.25, 0.3) is 11.4 Å². The maximum atomic E-state index is 15.5. The molecule has 0 unspecified atom stereocenters. The molecule has 13 heteroatoms. The largest absolute Gasteiger partial charge is 0.270 e. The Morgan fingerprint density at radius 3 is 1.56 bits per heavy atom. The van der Waals surface area contributed by atoms with Gasteiger partial charge in [0, 0.05) is 22.3 Å². The standard InChI is InChI=1S/C35H5F4N9/c1-45-16-7-23(38)32(24(39)8-16)34-33(26(14-44)47-3)28-18(35(34)48-4)9-17-27(19(28)11-41)20(12-42)30(29(17)25(13-43)46-2)31-21(36)5-15(10-40)6-22(31)37/h5-9H/b29-25+,33-26-. The summed E-state index contributed by atoms with van der Waals surface area (Å²) in [6, 6.07) is 12.0. The van der Waals surface area contributed by atoms with Gasteiger partial charge in [-0.3, -0.25) is 0 Å². The molecule has 0 radical (unpaired) electrons. The van der Waals surface area contributed by atoms with Crippen molar-refractivity contribution in [2.45, 2.75) is 0 Å². The van der Waals surface area contributed by atoms with Gasteiger partial charge in [-0.25, -0.2) is 47.5 Å². The molecule has 48 heavy (non-hydrogen) atoms. The predicted octanol–water partition coefficient (Wildman–Crippen LogP) is 8.09. The summed E-state index contributed by atoms with van der Waals surface area (Å²) in [6.45, 7) is 30.3. The van der Waals surface area contributed by atoms with Crippen molar-refractivity contribution in [3.63, 3.8) is 0 Å². The van der Waals surface area contributed by atoms with E-state index in [0.717, 1.165) is 6.07 Å². The zero-order valence-corrected chi connectivity index (χ0v) is 23.4. The Labute approximate surface area is 268 Å². The number of nitriles is 5. The van der Waals surface area contributed by atoms with Crippen molar-refractivity contribution < 1.29 is 17.6 Å². The van der Waals surface area contributed by atoms with E-state index in [0.29, 0.717) is 24.3 Å². The molecule has 2 aliphatic rings. The first-order valence-electron chi connectivity index (χ1n) is 12.8. The number of halogens is 4. The molecule has 0 saturated heterocycles. The average molecular weight is 627 g/mol. The maximum Gasteiger partial charge on any atom is 0.270 e. The maximum absolute atomic E-state index is 15.5. The Morgan fingerprint density at radius 2 is 1.10 bits per heavy atom. The number of hydrogen-bond donors (Lipinski definition) is 0. The van der Waals surface area contributed by atoms with Gasteiger partial charge >= 0.3 is 0 Å². The van der Waals surface area contributed by atoms with Crippen LogP contribution in [0, 0.1) is 106 Å². The van der Waals surface area contributed by atoms with Crippen LogP contribution in [0.3, 0.4) is 0 Å². The SMILES string of the molecule is [C-]#[N+]C1=C(c2c(F)cc([N+]#[C-])cc2F)/C(=C(/C#N)[N+]#[C-])c2c1cc1c(c2C#N)C(C#N)=C(c2c(F)cc(C#N)cc2F)/C1=C(\C#N)[N+]#[C-]. The monoisotopic (exact) mass is 627 g/mol. The lowest BCUT2D eigenvalue weighted by atomic mass is 9.87. The van der Waals surface area contributed by atoms with Crippen LogP contribution in [0.15, 0.2) is 41.7 Å². The normalized spacial score (nSPS) is 14.4. The second kappa shape index (κ2) is 11.7. The molecule has 0 bridgehead atoms. The molecule has 218 valence electrons. The van der Waals surface area contributed by atoms with Gasteiger partial charge in [0.1, 0.15) is 35.4 Å². The smallest absolute Gasteiger partial charge is 0.238 e. The van der Waals surface area contributed by atoms with Crippen LogP contribution in [0.5, 0.6) is 0 Å². The average Bonchev–Trinajstić information content (AvgIpc) is 3.56. The Balaban J connectivity index is 2.06. The lowest BCUT2D eigenvalue weighted by Crippen LogP contribution is -2.01. The van der Waals surface area contributed by atoms with E-state index in [9.17, 15) is 26.3 Å². The van der Waals surface area contributed by atoms with Crippen LogP contribution in [0.1, 0.15) is 44.5 Å². The third-order valence-electron chi connectivity index (χ3n) is 7.41. The molecule has 3 aromatic carbocycles. The minimum absolute atomic E-state index is 0.306. The number of benzene rings is 3. The molecule has 0 saturated carbocycles. The summed E-state index contributed by atoms with van der Waals surface area (Å²) in [7, 11) is 0. The van der Waals surface area contributed by atoms with Crippen LogP contribution in [0.4, 0.5) is 23.2 Å². The molecule has 0 aromatic heterocycles. The van der Waals surface area contributed by atoms with Crippen LogP contribution < -0.4 is 0 Å². The summed E-state index contributed by atoms with van der Waals surface area (Å²) in [4.78, 5) is 12.7.